The number of unbranched alkanes of at least 4 members (excludes halogenated alkanes) is 3. The molecule has 1 aliphatic carbocycles. The van der Waals surface area contributed by atoms with E-state index in [1.807, 2.05) is 12.1 Å². The van der Waals surface area contributed by atoms with Crippen LogP contribution in [0.15, 0.2) is 24.0 Å². The van der Waals surface area contributed by atoms with Crippen LogP contribution in [0.5, 0.6) is 11.5 Å². The summed E-state index contributed by atoms with van der Waals surface area (Å²) in [6, 6.07) is 4.03. The molecule has 0 saturated carbocycles. The number of hydrogen-bond donors (Lipinski definition) is 2. The zero-order chi connectivity index (χ0) is 31.5. The second kappa shape index (κ2) is 13.3. The van der Waals surface area contributed by atoms with Crippen LogP contribution in [0.3, 0.4) is 0 Å². The van der Waals surface area contributed by atoms with Gasteiger partial charge in [-0.1, -0.05) is 26.2 Å². The van der Waals surface area contributed by atoms with E-state index in [-0.39, 0.29) is 25.7 Å². The van der Waals surface area contributed by atoms with Gasteiger partial charge in [0.05, 0.1) is 37.2 Å². The van der Waals surface area contributed by atoms with Crippen LogP contribution in [0.4, 0.5) is 0 Å². The number of carbonyl (C=O) groups excluding carboxylic acids is 2. The molecule has 0 amide bonds. The van der Waals surface area contributed by atoms with Crippen molar-refractivity contribution in [2.24, 2.45) is 0 Å². The molecule has 44 heavy (non-hydrogen) atoms. The Balaban J connectivity index is 1.42. The summed E-state index contributed by atoms with van der Waals surface area (Å²) in [5, 5.41) is 22.1. The number of rotatable bonds is 14. The molecule has 0 aromatic heterocycles. The second-order valence-electron chi connectivity index (χ2n) is 13.4. The maximum atomic E-state index is 14.1. The standard InChI is InChI=1S/C34H49NO9/c1-5-6-7-8-17-41-28(36)21-34(39,14-9-12-32(2,3)38)31(37)44-30-27(40-4)20-33-13-10-15-35(33)16-11-23-18-25-26(43-22-42-25)19-24(23)29(30)33/h18-20,29-30,38-39H,5-17,21-22H2,1-4H3/t29-,30?,33?,34-/m1/s1. The Bertz CT molecular complexity index is 1240. The van der Waals surface area contributed by atoms with Crippen molar-refractivity contribution >= 4 is 11.9 Å². The van der Waals surface area contributed by atoms with Crippen LogP contribution in [-0.2, 0) is 30.2 Å². The van der Waals surface area contributed by atoms with Gasteiger partial charge in [-0.25, -0.2) is 4.79 Å². The number of benzene rings is 1. The first-order valence-electron chi connectivity index (χ1n) is 16.3. The normalized spacial score (nSPS) is 25.3. The molecule has 10 heteroatoms. The lowest BCUT2D eigenvalue weighted by atomic mass is 9.77. The first-order chi connectivity index (χ1) is 21.0. The number of carbonyl (C=O) groups is 2. The summed E-state index contributed by atoms with van der Waals surface area (Å²) in [4.78, 5) is 29.4. The van der Waals surface area contributed by atoms with E-state index in [2.05, 4.69) is 17.9 Å². The third kappa shape index (κ3) is 6.72. The SMILES string of the molecule is CCCCCCOC(=O)C[C@](O)(CCCC(C)(C)O)C(=O)OC1C(OC)=CC23CCCN2CCc2cc4c(cc2[C@H]13)OCO4. The van der Waals surface area contributed by atoms with Crippen LogP contribution >= 0.6 is 0 Å². The van der Waals surface area contributed by atoms with E-state index in [0.29, 0.717) is 30.1 Å². The molecule has 1 spiro atoms. The minimum atomic E-state index is -2.13. The highest BCUT2D eigenvalue weighted by Gasteiger charge is 2.59. The van der Waals surface area contributed by atoms with Gasteiger partial charge in [0.15, 0.2) is 23.2 Å². The van der Waals surface area contributed by atoms with Gasteiger partial charge in [-0.15, -0.1) is 0 Å². The van der Waals surface area contributed by atoms with Gasteiger partial charge in [0, 0.05) is 6.54 Å². The maximum absolute atomic E-state index is 14.1. The summed E-state index contributed by atoms with van der Waals surface area (Å²) in [7, 11) is 1.57. The Morgan fingerprint density at radius 3 is 2.57 bits per heavy atom. The van der Waals surface area contributed by atoms with Gasteiger partial charge in [-0.2, -0.15) is 0 Å². The number of aliphatic hydroxyl groups is 2. The second-order valence-corrected chi connectivity index (χ2v) is 13.4. The number of ether oxygens (including phenoxy) is 5. The lowest BCUT2D eigenvalue weighted by Gasteiger charge is -2.39. The topological polar surface area (TPSA) is 124 Å². The van der Waals surface area contributed by atoms with Crippen molar-refractivity contribution in [3.8, 4) is 11.5 Å². The minimum Gasteiger partial charge on any atom is -0.497 e. The van der Waals surface area contributed by atoms with Crippen LogP contribution in [0.25, 0.3) is 0 Å². The fourth-order valence-corrected chi connectivity index (χ4v) is 7.40. The maximum Gasteiger partial charge on any atom is 0.339 e. The summed E-state index contributed by atoms with van der Waals surface area (Å²) < 4.78 is 29.0. The smallest absolute Gasteiger partial charge is 0.339 e. The van der Waals surface area contributed by atoms with Gasteiger partial charge in [0.25, 0.3) is 0 Å². The van der Waals surface area contributed by atoms with E-state index in [1.165, 1.54) is 0 Å². The van der Waals surface area contributed by atoms with Gasteiger partial charge in [-0.05, 0) is 94.7 Å². The third-order valence-corrected chi connectivity index (χ3v) is 9.65. The first-order valence-corrected chi connectivity index (χ1v) is 16.3. The molecule has 2 unspecified atom stereocenters. The molecule has 244 valence electrons. The minimum absolute atomic E-state index is 0.0588. The van der Waals surface area contributed by atoms with Crippen LogP contribution < -0.4 is 9.47 Å². The van der Waals surface area contributed by atoms with E-state index >= 15 is 0 Å². The highest BCUT2D eigenvalue weighted by molar-refractivity contribution is 5.86. The van der Waals surface area contributed by atoms with Gasteiger partial charge in [0.1, 0.15) is 5.76 Å². The Morgan fingerprint density at radius 2 is 1.84 bits per heavy atom. The quantitative estimate of drug-likeness (QED) is 0.228. The fourth-order valence-electron chi connectivity index (χ4n) is 7.40. The molecule has 0 bridgehead atoms. The zero-order valence-electron chi connectivity index (χ0n) is 26.7. The van der Waals surface area contributed by atoms with Crippen molar-refractivity contribution in [3.63, 3.8) is 0 Å². The average Bonchev–Trinajstić information content (AvgIpc) is 3.65. The molecule has 10 nitrogen and oxygen atoms in total. The molecular weight excluding hydrogens is 566 g/mol. The third-order valence-electron chi connectivity index (χ3n) is 9.65. The molecule has 0 radical (unpaired) electrons. The van der Waals surface area contributed by atoms with Gasteiger partial charge < -0.3 is 33.9 Å². The molecule has 4 atom stereocenters. The summed E-state index contributed by atoms with van der Waals surface area (Å²) in [5.41, 5.74) is -1.43. The first kappa shape index (κ1) is 32.6. The molecule has 2 N–H and O–H groups in total. The molecule has 5 rings (SSSR count). The molecule has 1 fully saturated rings. The Labute approximate surface area is 260 Å². The van der Waals surface area contributed by atoms with Crippen molar-refractivity contribution in [2.45, 2.75) is 120 Å². The van der Waals surface area contributed by atoms with Crippen LogP contribution in [0.2, 0.25) is 0 Å². The molecule has 3 aliphatic heterocycles. The number of methoxy groups -OCH3 is 1. The van der Waals surface area contributed by atoms with Gasteiger partial charge in [-0.3, -0.25) is 9.69 Å². The van der Waals surface area contributed by atoms with Crippen LogP contribution in [0, 0.1) is 0 Å². The predicted octanol–water partition coefficient (Wildman–Crippen LogP) is 4.53. The van der Waals surface area contributed by atoms with E-state index in [4.69, 9.17) is 23.7 Å². The molecule has 1 saturated heterocycles. The van der Waals surface area contributed by atoms with Crippen molar-refractivity contribution in [1.29, 1.82) is 0 Å². The summed E-state index contributed by atoms with van der Waals surface area (Å²) in [6.45, 7) is 7.59. The number of esters is 2. The lowest BCUT2D eigenvalue weighted by Crippen LogP contribution is -2.49. The molecule has 1 aromatic carbocycles. The monoisotopic (exact) mass is 615 g/mol. The molecule has 4 aliphatic rings. The Hall–Kier alpha value is -2.82. The van der Waals surface area contributed by atoms with Crippen LogP contribution in [0.1, 0.15) is 102 Å². The fraction of sp³-hybridized carbons (Fsp3) is 0.706. The highest BCUT2D eigenvalue weighted by Crippen LogP contribution is 2.55. The predicted molar refractivity (Wildman–Crippen MR) is 162 cm³/mol. The number of fused-ring (bicyclic) bond motifs is 3. The van der Waals surface area contributed by atoms with Gasteiger partial charge in [0.2, 0.25) is 6.79 Å². The van der Waals surface area contributed by atoms with Crippen molar-refractivity contribution < 1.29 is 43.5 Å². The lowest BCUT2D eigenvalue weighted by molar-refractivity contribution is -0.179. The molecule has 1 aromatic rings. The Kier molecular flexibility index (Phi) is 9.82. The largest absolute Gasteiger partial charge is 0.497 e. The summed E-state index contributed by atoms with van der Waals surface area (Å²) >= 11 is 0. The Morgan fingerprint density at radius 1 is 1.07 bits per heavy atom. The average molecular weight is 616 g/mol. The highest BCUT2D eigenvalue weighted by atomic mass is 16.7. The summed E-state index contributed by atoms with van der Waals surface area (Å²) in [6.07, 6.45) is 7.79. The summed E-state index contributed by atoms with van der Waals surface area (Å²) in [5.74, 6) is 0.0494. The van der Waals surface area contributed by atoms with Gasteiger partial charge >= 0.3 is 11.9 Å². The zero-order valence-corrected chi connectivity index (χ0v) is 26.7. The van der Waals surface area contributed by atoms with Crippen molar-refractivity contribution in [3.05, 3.63) is 35.1 Å². The number of hydrogen-bond acceptors (Lipinski definition) is 10. The van der Waals surface area contributed by atoms with Crippen molar-refractivity contribution in [2.75, 3.05) is 33.6 Å². The number of nitrogens with zero attached hydrogens (tertiary/aromatic N) is 1. The van der Waals surface area contributed by atoms with E-state index in [9.17, 15) is 19.8 Å². The van der Waals surface area contributed by atoms with E-state index in [0.717, 1.165) is 69.2 Å². The van der Waals surface area contributed by atoms with Crippen molar-refractivity contribution in [1.82, 2.24) is 4.90 Å². The van der Waals surface area contributed by atoms with E-state index in [1.54, 1.807) is 21.0 Å². The molecular formula is C34H49NO9. The van der Waals surface area contributed by atoms with E-state index < -0.39 is 41.2 Å². The van der Waals surface area contributed by atoms with Crippen LogP contribution in [-0.4, -0.2) is 83.5 Å². The molecule has 3 heterocycles.